The maximum Gasteiger partial charge on any atom is 0.0992 e. The summed E-state index contributed by atoms with van der Waals surface area (Å²) in [6.07, 6.45) is 1.03. The van der Waals surface area contributed by atoms with Crippen LogP contribution < -0.4 is 5.32 Å². The van der Waals surface area contributed by atoms with Gasteiger partial charge in [-0.15, -0.1) is 0 Å². The summed E-state index contributed by atoms with van der Waals surface area (Å²) >= 11 is 3.44. The van der Waals surface area contributed by atoms with Gasteiger partial charge in [-0.25, -0.2) is 0 Å². The van der Waals surface area contributed by atoms with Crippen molar-refractivity contribution in [3.63, 3.8) is 0 Å². The maximum absolute atomic E-state index is 8.73. The molecule has 4 heteroatoms. The van der Waals surface area contributed by atoms with Crippen LogP contribution in [0, 0.1) is 11.3 Å². The Bertz CT molecular complexity index is 394. The molecule has 1 aliphatic rings. The van der Waals surface area contributed by atoms with Crippen LogP contribution in [0.15, 0.2) is 22.7 Å². The normalized spacial score (nSPS) is 19.9. The fourth-order valence-corrected chi connectivity index (χ4v) is 2.06. The van der Waals surface area contributed by atoms with Crippen molar-refractivity contribution in [1.82, 2.24) is 0 Å². The lowest BCUT2D eigenvalue weighted by molar-refractivity contribution is 0.195. The van der Waals surface area contributed by atoms with Crippen molar-refractivity contribution in [2.45, 2.75) is 12.5 Å². The van der Waals surface area contributed by atoms with Crippen molar-refractivity contribution in [2.75, 3.05) is 18.5 Å². The minimum Gasteiger partial charge on any atom is -0.379 e. The molecule has 2 rings (SSSR count). The van der Waals surface area contributed by atoms with E-state index in [0.29, 0.717) is 11.6 Å². The van der Waals surface area contributed by atoms with Gasteiger partial charge in [0.2, 0.25) is 0 Å². The first-order valence-electron chi connectivity index (χ1n) is 4.83. The van der Waals surface area contributed by atoms with Gasteiger partial charge >= 0.3 is 0 Å². The molecule has 1 unspecified atom stereocenters. The molecule has 78 valence electrons. The van der Waals surface area contributed by atoms with Gasteiger partial charge in [-0.3, -0.25) is 0 Å². The summed E-state index contributed by atoms with van der Waals surface area (Å²) in [5, 5.41) is 12.1. The molecule has 0 aliphatic carbocycles. The van der Waals surface area contributed by atoms with Crippen molar-refractivity contribution in [3.8, 4) is 6.07 Å². The van der Waals surface area contributed by atoms with Gasteiger partial charge < -0.3 is 10.1 Å². The first kappa shape index (κ1) is 10.5. The predicted molar refractivity (Wildman–Crippen MR) is 61.7 cm³/mol. The number of halogens is 1. The number of hydrogen-bond acceptors (Lipinski definition) is 3. The van der Waals surface area contributed by atoms with Crippen molar-refractivity contribution in [3.05, 3.63) is 28.2 Å². The SMILES string of the molecule is N#Cc1ccc(NC2CCOC2)c(Br)c1. The van der Waals surface area contributed by atoms with Gasteiger partial charge in [0.25, 0.3) is 0 Å². The van der Waals surface area contributed by atoms with Crippen LogP contribution in [0.4, 0.5) is 5.69 Å². The highest BCUT2D eigenvalue weighted by atomic mass is 79.9. The molecule has 1 fully saturated rings. The standard InChI is InChI=1S/C11H11BrN2O/c12-10-5-8(6-13)1-2-11(10)14-9-3-4-15-7-9/h1-2,5,9,14H,3-4,7H2. The maximum atomic E-state index is 8.73. The summed E-state index contributed by atoms with van der Waals surface area (Å²) in [6, 6.07) is 8.03. The van der Waals surface area contributed by atoms with E-state index in [1.807, 2.05) is 18.2 Å². The van der Waals surface area contributed by atoms with Crippen LogP contribution in [0.5, 0.6) is 0 Å². The highest BCUT2D eigenvalue weighted by Crippen LogP contribution is 2.25. The molecule has 0 bridgehead atoms. The van der Waals surface area contributed by atoms with Gasteiger partial charge in [-0.05, 0) is 40.5 Å². The molecule has 1 aliphatic heterocycles. The molecule has 0 amide bonds. The lowest BCUT2D eigenvalue weighted by Crippen LogP contribution is -2.19. The smallest absolute Gasteiger partial charge is 0.0992 e. The Balaban J connectivity index is 2.11. The number of rotatable bonds is 2. The Kier molecular flexibility index (Phi) is 3.24. The van der Waals surface area contributed by atoms with Gasteiger partial charge in [0.15, 0.2) is 0 Å². The molecule has 1 atom stereocenters. The van der Waals surface area contributed by atoms with Gasteiger partial charge in [-0.1, -0.05) is 0 Å². The molecule has 1 aromatic carbocycles. The summed E-state index contributed by atoms with van der Waals surface area (Å²) in [5.74, 6) is 0. The third kappa shape index (κ3) is 2.49. The van der Waals surface area contributed by atoms with Gasteiger partial charge in [0.1, 0.15) is 0 Å². The lowest BCUT2D eigenvalue weighted by atomic mass is 10.2. The van der Waals surface area contributed by atoms with E-state index in [1.54, 1.807) is 0 Å². The zero-order valence-electron chi connectivity index (χ0n) is 8.16. The predicted octanol–water partition coefficient (Wildman–Crippen LogP) is 2.52. The molecule has 1 N–H and O–H groups in total. The summed E-state index contributed by atoms with van der Waals surface area (Å²) < 4.78 is 6.21. The van der Waals surface area contributed by atoms with Crippen molar-refractivity contribution < 1.29 is 4.74 Å². The Labute approximate surface area is 97.2 Å². The second kappa shape index (κ2) is 4.65. The van der Waals surface area contributed by atoms with Crippen LogP contribution in [0.2, 0.25) is 0 Å². The zero-order valence-corrected chi connectivity index (χ0v) is 9.75. The summed E-state index contributed by atoms with van der Waals surface area (Å²) in [7, 11) is 0. The van der Waals surface area contributed by atoms with Crippen LogP contribution in [0.1, 0.15) is 12.0 Å². The third-order valence-electron chi connectivity index (χ3n) is 2.39. The Hall–Kier alpha value is -1.05. The second-order valence-corrected chi connectivity index (χ2v) is 4.37. The number of nitrogens with zero attached hydrogens (tertiary/aromatic N) is 1. The van der Waals surface area contributed by atoms with Gasteiger partial charge in [-0.2, -0.15) is 5.26 Å². The highest BCUT2D eigenvalue weighted by molar-refractivity contribution is 9.10. The quantitative estimate of drug-likeness (QED) is 0.895. The average Bonchev–Trinajstić information content (AvgIpc) is 2.74. The van der Waals surface area contributed by atoms with Crippen molar-refractivity contribution in [2.24, 2.45) is 0 Å². The molecule has 0 aromatic heterocycles. The first-order valence-corrected chi connectivity index (χ1v) is 5.63. The Morgan fingerprint density at radius 2 is 2.40 bits per heavy atom. The molecule has 0 radical (unpaired) electrons. The monoisotopic (exact) mass is 266 g/mol. The molecule has 0 spiro atoms. The number of ether oxygens (including phenoxy) is 1. The molecule has 0 saturated carbocycles. The Morgan fingerprint density at radius 3 is 3.00 bits per heavy atom. The fraction of sp³-hybridized carbons (Fsp3) is 0.364. The summed E-state index contributed by atoms with van der Waals surface area (Å²) in [6.45, 7) is 1.58. The van der Waals surface area contributed by atoms with Crippen molar-refractivity contribution >= 4 is 21.6 Å². The molecule has 1 saturated heterocycles. The number of hydrogen-bond donors (Lipinski definition) is 1. The highest BCUT2D eigenvalue weighted by Gasteiger charge is 2.15. The third-order valence-corrected chi connectivity index (χ3v) is 3.04. The largest absolute Gasteiger partial charge is 0.379 e. The number of anilines is 1. The topological polar surface area (TPSA) is 45.0 Å². The van der Waals surface area contributed by atoms with Gasteiger partial charge in [0.05, 0.1) is 24.3 Å². The summed E-state index contributed by atoms with van der Waals surface area (Å²) in [4.78, 5) is 0. The Morgan fingerprint density at radius 1 is 1.53 bits per heavy atom. The van der Waals surface area contributed by atoms with E-state index in [2.05, 4.69) is 27.3 Å². The van der Waals surface area contributed by atoms with E-state index in [1.165, 1.54) is 0 Å². The first-order chi connectivity index (χ1) is 7.29. The fourth-order valence-electron chi connectivity index (χ4n) is 1.57. The minimum absolute atomic E-state index is 0.384. The molecule has 1 heterocycles. The molecule has 1 aromatic rings. The van der Waals surface area contributed by atoms with Crippen LogP contribution in [0.3, 0.4) is 0 Å². The van der Waals surface area contributed by atoms with Crippen molar-refractivity contribution in [1.29, 1.82) is 5.26 Å². The van der Waals surface area contributed by atoms with E-state index in [9.17, 15) is 0 Å². The number of nitrogens with one attached hydrogen (secondary N) is 1. The summed E-state index contributed by atoms with van der Waals surface area (Å²) in [5.41, 5.74) is 1.68. The molecular formula is C11H11BrN2O. The van der Waals surface area contributed by atoms with Crippen LogP contribution in [-0.4, -0.2) is 19.3 Å². The van der Waals surface area contributed by atoms with Crippen LogP contribution in [0.25, 0.3) is 0 Å². The van der Waals surface area contributed by atoms with E-state index in [4.69, 9.17) is 10.00 Å². The molecule has 15 heavy (non-hydrogen) atoms. The number of benzene rings is 1. The van der Waals surface area contributed by atoms with E-state index < -0.39 is 0 Å². The second-order valence-electron chi connectivity index (χ2n) is 3.51. The van der Waals surface area contributed by atoms with E-state index >= 15 is 0 Å². The zero-order chi connectivity index (χ0) is 10.7. The number of nitriles is 1. The van der Waals surface area contributed by atoms with E-state index in [0.717, 1.165) is 29.8 Å². The van der Waals surface area contributed by atoms with Crippen LogP contribution in [-0.2, 0) is 4.74 Å². The van der Waals surface area contributed by atoms with E-state index in [-0.39, 0.29) is 0 Å². The average molecular weight is 267 g/mol. The van der Waals surface area contributed by atoms with Gasteiger partial charge in [0, 0.05) is 16.8 Å². The molecule has 3 nitrogen and oxygen atoms in total. The lowest BCUT2D eigenvalue weighted by Gasteiger charge is -2.13. The molecular weight excluding hydrogens is 256 g/mol. The minimum atomic E-state index is 0.384. The van der Waals surface area contributed by atoms with Crippen LogP contribution >= 0.6 is 15.9 Å².